The Morgan fingerprint density at radius 1 is 1.23 bits per heavy atom. The van der Waals surface area contributed by atoms with E-state index in [1.807, 2.05) is 19.9 Å². The predicted octanol–water partition coefficient (Wildman–Crippen LogP) is 1.37. The van der Waals surface area contributed by atoms with E-state index in [4.69, 9.17) is 0 Å². The van der Waals surface area contributed by atoms with Crippen molar-refractivity contribution in [3.8, 4) is 5.82 Å². The minimum atomic E-state index is -0.298. The van der Waals surface area contributed by atoms with Crippen LogP contribution < -0.4 is 10.9 Å². The molecule has 2 aromatic rings. The number of carbonyl (C=O) groups excluding carboxylic acids is 1. The third-order valence-electron chi connectivity index (χ3n) is 5.35. The molecule has 2 heterocycles. The molecule has 0 unspecified atom stereocenters. The number of fused-ring (bicyclic) bond motifs is 2. The van der Waals surface area contributed by atoms with Crippen molar-refractivity contribution < 1.29 is 4.79 Å². The lowest BCUT2D eigenvalue weighted by atomic mass is 9.94. The van der Waals surface area contributed by atoms with Crippen LogP contribution in [-0.2, 0) is 11.3 Å². The van der Waals surface area contributed by atoms with E-state index in [1.165, 1.54) is 17.2 Å². The Balaban J connectivity index is 1.43. The molecule has 1 saturated carbocycles. The van der Waals surface area contributed by atoms with Crippen molar-refractivity contribution in [3.05, 3.63) is 52.1 Å². The van der Waals surface area contributed by atoms with Crippen LogP contribution in [0.25, 0.3) is 5.82 Å². The number of rotatable bonds is 5. The van der Waals surface area contributed by atoms with Crippen LogP contribution in [0, 0.1) is 31.6 Å². The van der Waals surface area contributed by atoms with Gasteiger partial charge in [0.05, 0.1) is 5.69 Å². The van der Waals surface area contributed by atoms with E-state index >= 15 is 0 Å². The lowest BCUT2D eigenvalue weighted by Crippen LogP contribution is -2.37. The van der Waals surface area contributed by atoms with Gasteiger partial charge >= 0.3 is 0 Å². The number of carbonyl (C=O) groups is 1. The Hall–Kier alpha value is -2.70. The van der Waals surface area contributed by atoms with Gasteiger partial charge in [0.15, 0.2) is 5.82 Å². The van der Waals surface area contributed by atoms with Crippen molar-refractivity contribution in [1.29, 1.82) is 0 Å². The van der Waals surface area contributed by atoms with Crippen LogP contribution in [0.2, 0.25) is 0 Å². The number of nitrogens with one attached hydrogen (secondary N) is 1. The molecule has 2 aliphatic rings. The van der Waals surface area contributed by atoms with Crippen molar-refractivity contribution >= 4 is 5.91 Å². The molecule has 3 atom stereocenters. The molecule has 136 valence electrons. The van der Waals surface area contributed by atoms with E-state index in [0.717, 1.165) is 17.8 Å². The summed E-state index contributed by atoms with van der Waals surface area (Å²) in [6.07, 6.45) is 6.92. The molecule has 0 saturated heterocycles. The average Bonchev–Trinajstić information content (AvgIpc) is 3.30. The van der Waals surface area contributed by atoms with Gasteiger partial charge in [-0.2, -0.15) is 5.10 Å². The predicted molar refractivity (Wildman–Crippen MR) is 96.9 cm³/mol. The zero-order valence-electron chi connectivity index (χ0n) is 15.1. The van der Waals surface area contributed by atoms with Crippen molar-refractivity contribution in [1.82, 2.24) is 24.9 Å². The van der Waals surface area contributed by atoms with Gasteiger partial charge in [-0.15, -0.1) is 5.10 Å². The minimum absolute atomic E-state index is 0.0807. The van der Waals surface area contributed by atoms with Crippen molar-refractivity contribution in [2.45, 2.75) is 33.2 Å². The van der Waals surface area contributed by atoms with E-state index in [-0.39, 0.29) is 18.0 Å². The van der Waals surface area contributed by atoms with Crippen LogP contribution in [0.4, 0.5) is 0 Å². The van der Waals surface area contributed by atoms with Crippen molar-refractivity contribution in [2.24, 2.45) is 17.8 Å². The monoisotopic (exact) mass is 353 g/mol. The van der Waals surface area contributed by atoms with Crippen LogP contribution in [-0.4, -0.2) is 32.0 Å². The number of allylic oxidation sites excluding steroid dienone is 2. The van der Waals surface area contributed by atoms with Crippen LogP contribution in [0.15, 0.2) is 35.1 Å². The molecule has 7 heteroatoms. The summed E-state index contributed by atoms with van der Waals surface area (Å²) in [7, 11) is 0. The summed E-state index contributed by atoms with van der Waals surface area (Å²) in [5.74, 6) is 2.14. The Morgan fingerprint density at radius 2 is 2.08 bits per heavy atom. The van der Waals surface area contributed by atoms with Gasteiger partial charge in [-0.3, -0.25) is 9.59 Å². The first-order valence-electron chi connectivity index (χ1n) is 9.06. The molecule has 4 rings (SSSR count). The Labute approximate surface area is 151 Å². The zero-order chi connectivity index (χ0) is 18.3. The molecule has 0 aromatic carbocycles. The summed E-state index contributed by atoms with van der Waals surface area (Å²) in [6.45, 7) is 4.41. The van der Waals surface area contributed by atoms with E-state index in [0.29, 0.717) is 30.1 Å². The molecule has 0 spiro atoms. The number of amides is 1. The van der Waals surface area contributed by atoms with Gasteiger partial charge in [0.25, 0.3) is 5.56 Å². The van der Waals surface area contributed by atoms with Crippen molar-refractivity contribution in [3.63, 3.8) is 0 Å². The molecule has 0 aliphatic heterocycles. The van der Waals surface area contributed by atoms with Gasteiger partial charge in [-0.25, -0.2) is 9.36 Å². The first kappa shape index (κ1) is 16.8. The van der Waals surface area contributed by atoms with Gasteiger partial charge in [0.1, 0.15) is 6.54 Å². The summed E-state index contributed by atoms with van der Waals surface area (Å²) in [6, 6.07) is 4.98. The molecule has 2 bridgehead atoms. The van der Waals surface area contributed by atoms with Gasteiger partial charge in [0.2, 0.25) is 5.91 Å². The minimum Gasteiger partial charge on any atom is -0.354 e. The Morgan fingerprint density at radius 3 is 2.73 bits per heavy atom. The first-order chi connectivity index (χ1) is 12.5. The number of hydrogen-bond donors (Lipinski definition) is 1. The van der Waals surface area contributed by atoms with E-state index in [2.05, 4.69) is 27.7 Å². The smallest absolute Gasteiger partial charge is 0.267 e. The normalized spacial score (nSPS) is 23.5. The third kappa shape index (κ3) is 3.21. The molecule has 7 nitrogen and oxygen atoms in total. The molecule has 2 aliphatic carbocycles. The number of nitrogens with zero attached hydrogens (tertiary/aromatic N) is 4. The maximum absolute atomic E-state index is 12.3. The number of aromatic nitrogens is 4. The Bertz CT molecular complexity index is 926. The van der Waals surface area contributed by atoms with Gasteiger partial charge < -0.3 is 5.32 Å². The van der Waals surface area contributed by atoms with E-state index in [1.54, 1.807) is 10.7 Å². The van der Waals surface area contributed by atoms with Crippen LogP contribution in [0.1, 0.15) is 24.2 Å². The highest BCUT2D eigenvalue weighted by Gasteiger charge is 2.35. The highest BCUT2D eigenvalue weighted by Crippen LogP contribution is 2.42. The maximum atomic E-state index is 12.3. The SMILES string of the molecule is Cc1cc(C)n(-c2ccc(=O)n(CC(=O)NC[C@@H]3C[C@@H]4C=C[C@H]3C4)n2)n1. The van der Waals surface area contributed by atoms with E-state index < -0.39 is 0 Å². The molecular formula is C19H23N5O2. The second-order valence-electron chi connectivity index (χ2n) is 7.37. The highest BCUT2D eigenvalue weighted by atomic mass is 16.2. The summed E-state index contributed by atoms with van der Waals surface area (Å²) < 4.78 is 2.87. The number of hydrogen-bond acceptors (Lipinski definition) is 4. The fraction of sp³-hybridized carbons (Fsp3) is 0.474. The standard InChI is InChI=1S/C19H23N5O2/c1-12-7-13(2)24(21-12)17-5-6-19(26)23(22-17)11-18(25)20-10-16-9-14-3-4-15(16)8-14/h3-7,14-16H,8-11H2,1-2H3,(H,20,25)/t14-,15+,16+/m1/s1. The second kappa shape index (κ2) is 6.55. The quantitative estimate of drug-likeness (QED) is 0.823. The van der Waals surface area contributed by atoms with E-state index in [9.17, 15) is 9.59 Å². The van der Waals surface area contributed by atoms with Crippen LogP contribution in [0.5, 0.6) is 0 Å². The molecule has 0 radical (unpaired) electrons. The largest absolute Gasteiger partial charge is 0.354 e. The van der Waals surface area contributed by atoms with Crippen LogP contribution >= 0.6 is 0 Å². The van der Waals surface area contributed by atoms with Crippen LogP contribution in [0.3, 0.4) is 0 Å². The summed E-state index contributed by atoms with van der Waals surface area (Å²) in [5.41, 5.74) is 1.50. The fourth-order valence-corrected chi connectivity index (χ4v) is 4.09. The maximum Gasteiger partial charge on any atom is 0.267 e. The fourth-order valence-electron chi connectivity index (χ4n) is 4.09. The zero-order valence-corrected chi connectivity index (χ0v) is 15.1. The molecular weight excluding hydrogens is 330 g/mol. The Kier molecular flexibility index (Phi) is 4.22. The summed E-state index contributed by atoms with van der Waals surface area (Å²) in [5, 5.41) is 11.6. The van der Waals surface area contributed by atoms with Gasteiger partial charge in [-0.1, -0.05) is 12.2 Å². The molecule has 2 aromatic heterocycles. The van der Waals surface area contributed by atoms with Crippen molar-refractivity contribution in [2.75, 3.05) is 6.54 Å². The number of aryl methyl sites for hydroxylation is 2. The summed E-state index contributed by atoms with van der Waals surface area (Å²) >= 11 is 0. The molecule has 26 heavy (non-hydrogen) atoms. The third-order valence-corrected chi connectivity index (χ3v) is 5.35. The summed E-state index contributed by atoms with van der Waals surface area (Å²) in [4.78, 5) is 24.4. The lowest BCUT2D eigenvalue weighted by Gasteiger charge is -2.18. The molecule has 1 N–H and O–H groups in total. The first-order valence-corrected chi connectivity index (χ1v) is 9.06. The van der Waals surface area contributed by atoms with Gasteiger partial charge in [-0.05, 0) is 56.6 Å². The highest BCUT2D eigenvalue weighted by molar-refractivity contribution is 5.75. The second-order valence-corrected chi connectivity index (χ2v) is 7.37. The molecule has 1 fully saturated rings. The average molecular weight is 353 g/mol. The molecule has 1 amide bonds. The van der Waals surface area contributed by atoms with Gasteiger partial charge in [0, 0.05) is 18.3 Å². The lowest BCUT2D eigenvalue weighted by molar-refractivity contribution is -0.122. The topological polar surface area (TPSA) is 81.8 Å².